The molecular formula is C20H32N4O4. The number of rotatable bonds is 5. The van der Waals surface area contributed by atoms with Crippen molar-refractivity contribution in [2.45, 2.75) is 45.7 Å². The Kier molecular flexibility index (Phi) is 6.99. The first-order valence-electron chi connectivity index (χ1n) is 9.55. The van der Waals surface area contributed by atoms with Crippen molar-refractivity contribution in [3.8, 4) is 11.5 Å². The van der Waals surface area contributed by atoms with E-state index in [1.165, 1.54) is 0 Å². The largest absolute Gasteiger partial charge is 0.493 e. The monoisotopic (exact) mass is 392 g/mol. The number of carbonyl (C=O) groups excluding carboxylic acids is 2. The van der Waals surface area contributed by atoms with Crippen LogP contribution in [0.1, 0.15) is 44.9 Å². The minimum atomic E-state index is -0.343. The normalized spacial score (nSPS) is 16.1. The average Bonchev–Trinajstić information content (AvgIpc) is 2.63. The Morgan fingerprint density at radius 2 is 1.79 bits per heavy atom. The summed E-state index contributed by atoms with van der Waals surface area (Å²) in [7, 11) is 3.18. The lowest BCUT2D eigenvalue weighted by Gasteiger charge is -2.38. The van der Waals surface area contributed by atoms with Gasteiger partial charge in [-0.1, -0.05) is 0 Å². The van der Waals surface area contributed by atoms with Gasteiger partial charge in [0.1, 0.15) is 0 Å². The summed E-state index contributed by atoms with van der Waals surface area (Å²) in [5.41, 5.74) is 1.69. The summed E-state index contributed by atoms with van der Waals surface area (Å²) in [6.45, 7) is 9.03. The van der Waals surface area contributed by atoms with Crippen LogP contribution in [-0.4, -0.2) is 56.4 Å². The third kappa shape index (κ3) is 5.21. The van der Waals surface area contributed by atoms with Crippen molar-refractivity contribution >= 4 is 12.1 Å². The number of carbonyl (C=O) groups is 2. The van der Waals surface area contributed by atoms with Crippen LogP contribution in [0.5, 0.6) is 11.5 Å². The SMILES string of the molecule is CCNC(=O)N1CCc2cc(OC)c(OC)cc2[C@@H]1CNC(=O)NC(C)(C)C. The summed E-state index contributed by atoms with van der Waals surface area (Å²) >= 11 is 0. The van der Waals surface area contributed by atoms with E-state index in [0.717, 1.165) is 11.1 Å². The second-order valence-corrected chi connectivity index (χ2v) is 7.79. The third-order valence-electron chi connectivity index (χ3n) is 4.54. The fourth-order valence-electron chi connectivity index (χ4n) is 3.32. The molecule has 0 aliphatic carbocycles. The number of nitrogens with one attached hydrogen (secondary N) is 3. The van der Waals surface area contributed by atoms with Gasteiger partial charge in [0, 0.05) is 25.2 Å². The molecule has 0 radical (unpaired) electrons. The molecule has 1 atom stereocenters. The number of nitrogens with zero attached hydrogens (tertiary/aromatic N) is 1. The molecule has 1 aliphatic heterocycles. The highest BCUT2D eigenvalue weighted by atomic mass is 16.5. The molecule has 156 valence electrons. The number of amides is 4. The molecule has 8 nitrogen and oxygen atoms in total. The van der Waals surface area contributed by atoms with E-state index in [9.17, 15) is 9.59 Å². The molecule has 1 aliphatic rings. The van der Waals surface area contributed by atoms with Gasteiger partial charge in [0.15, 0.2) is 11.5 Å². The first-order chi connectivity index (χ1) is 13.2. The Morgan fingerprint density at radius 1 is 1.14 bits per heavy atom. The summed E-state index contributed by atoms with van der Waals surface area (Å²) in [5, 5.41) is 8.63. The van der Waals surface area contributed by atoms with Crippen LogP contribution in [0.25, 0.3) is 0 Å². The minimum absolute atomic E-state index is 0.147. The first-order valence-corrected chi connectivity index (χ1v) is 9.55. The molecule has 0 fully saturated rings. The number of hydrogen-bond acceptors (Lipinski definition) is 4. The molecule has 0 unspecified atom stereocenters. The molecule has 0 spiro atoms. The van der Waals surface area contributed by atoms with Crippen molar-refractivity contribution in [2.24, 2.45) is 0 Å². The van der Waals surface area contributed by atoms with Crippen LogP contribution in [0, 0.1) is 0 Å². The van der Waals surface area contributed by atoms with Gasteiger partial charge in [-0.25, -0.2) is 9.59 Å². The van der Waals surface area contributed by atoms with E-state index >= 15 is 0 Å². The summed E-state index contributed by atoms with van der Waals surface area (Å²) in [4.78, 5) is 26.6. The highest BCUT2D eigenvalue weighted by Gasteiger charge is 2.32. The molecule has 1 aromatic carbocycles. The van der Waals surface area contributed by atoms with E-state index in [1.807, 2.05) is 39.8 Å². The molecule has 28 heavy (non-hydrogen) atoms. The van der Waals surface area contributed by atoms with Gasteiger partial charge >= 0.3 is 12.1 Å². The smallest absolute Gasteiger partial charge is 0.317 e. The number of fused-ring (bicyclic) bond motifs is 1. The summed E-state index contributed by atoms with van der Waals surface area (Å²) in [5.74, 6) is 1.26. The topological polar surface area (TPSA) is 91.9 Å². The Bertz CT molecular complexity index is 715. The summed E-state index contributed by atoms with van der Waals surface area (Å²) in [6, 6.07) is 3.13. The van der Waals surface area contributed by atoms with Gasteiger partial charge in [-0.2, -0.15) is 0 Å². The van der Waals surface area contributed by atoms with Crippen LogP contribution in [0.3, 0.4) is 0 Å². The number of methoxy groups -OCH3 is 2. The Balaban J connectivity index is 2.32. The number of hydrogen-bond donors (Lipinski definition) is 3. The van der Waals surface area contributed by atoms with E-state index in [-0.39, 0.29) is 23.6 Å². The molecule has 0 saturated heterocycles. The lowest BCUT2D eigenvalue weighted by molar-refractivity contribution is 0.167. The fraction of sp³-hybridized carbons (Fsp3) is 0.600. The average molecular weight is 393 g/mol. The number of urea groups is 2. The molecular weight excluding hydrogens is 360 g/mol. The molecule has 3 N–H and O–H groups in total. The molecule has 0 bridgehead atoms. The van der Waals surface area contributed by atoms with Crippen molar-refractivity contribution in [1.82, 2.24) is 20.9 Å². The predicted octanol–water partition coefficient (Wildman–Crippen LogP) is 2.43. The van der Waals surface area contributed by atoms with E-state index in [4.69, 9.17) is 9.47 Å². The molecule has 0 aromatic heterocycles. The standard InChI is InChI=1S/C20H32N4O4/c1-7-21-19(26)24-9-8-13-10-16(27-5)17(28-6)11-14(13)15(24)12-22-18(25)23-20(2,3)4/h10-11,15H,7-9,12H2,1-6H3,(H,21,26)(H2,22,23,25)/t15-/m0/s1. The molecule has 0 saturated carbocycles. The molecule has 1 aromatic rings. The number of ether oxygens (including phenoxy) is 2. The van der Waals surface area contributed by atoms with E-state index < -0.39 is 0 Å². The van der Waals surface area contributed by atoms with Crippen LogP contribution >= 0.6 is 0 Å². The van der Waals surface area contributed by atoms with E-state index in [0.29, 0.717) is 37.6 Å². The molecule has 2 rings (SSSR count). The first kappa shape index (κ1) is 21.7. The van der Waals surface area contributed by atoms with Crippen molar-refractivity contribution < 1.29 is 19.1 Å². The zero-order chi connectivity index (χ0) is 20.9. The maximum atomic E-state index is 12.6. The van der Waals surface area contributed by atoms with E-state index in [1.54, 1.807) is 19.1 Å². The van der Waals surface area contributed by atoms with Crippen LogP contribution in [0.15, 0.2) is 12.1 Å². The van der Waals surface area contributed by atoms with Crippen LogP contribution < -0.4 is 25.4 Å². The van der Waals surface area contributed by atoms with Gasteiger partial charge < -0.3 is 30.3 Å². The van der Waals surface area contributed by atoms with Crippen molar-refractivity contribution in [3.05, 3.63) is 23.3 Å². The highest BCUT2D eigenvalue weighted by molar-refractivity contribution is 5.76. The Morgan fingerprint density at radius 3 is 2.36 bits per heavy atom. The predicted molar refractivity (Wildman–Crippen MR) is 108 cm³/mol. The van der Waals surface area contributed by atoms with Gasteiger partial charge in [-0.15, -0.1) is 0 Å². The zero-order valence-corrected chi connectivity index (χ0v) is 17.6. The lowest BCUT2D eigenvalue weighted by atomic mass is 9.92. The zero-order valence-electron chi connectivity index (χ0n) is 17.6. The summed E-state index contributed by atoms with van der Waals surface area (Å²) in [6.07, 6.45) is 0.706. The second kappa shape index (κ2) is 9.03. The summed E-state index contributed by atoms with van der Waals surface area (Å²) < 4.78 is 10.8. The molecule has 1 heterocycles. The number of benzene rings is 1. The highest BCUT2D eigenvalue weighted by Crippen LogP contribution is 2.37. The van der Waals surface area contributed by atoms with Crippen LogP contribution in [0.4, 0.5) is 9.59 Å². The van der Waals surface area contributed by atoms with Gasteiger partial charge in [0.25, 0.3) is 0 Å². The third-order valence-corrected chi connectivity index (χ3v) is 4.54. The van der Waals surface area contributed by atoms with Crippen LogP contribution in [0.2, 0.25) is 0 Å². The Hall–Kier alpha value is -2.64. The van der Waals surface area contributed by atoms with Gasteiger partial charge in [-0.05, 0) is 57.4 Å². The van der Waals surface area contributed by atoms with Gasteiger partial charge in [-0.3, -0.25) is 0 Å². The van der Waals surface area contributed by atoms with Crippen molar-refractivity contribution in [2.75, 3.05) is 33.9 Å². The van der Waals surface area contributed by atoms with Crippen molar-refractivity contribution in [1.29, 1.82) is 0 Å². The van der Waals surface area contributed by atoms with Crippen LogP contribution in [-0.2, 0) is 6.42 Å². The van der Waals surface area contributed by atoms with Gasteiger partial charge in [0.2, 0.25) is 0 Å². The lowest BCUT2D eigenvalue weighted by Crippen LogP contribution is -2.52. The second-order valence-electron chi connectivity index (χ2n) is 7.79. The molecule has 8 heteroatoms. The maximum Gasteiger partial charge on any atom is 0.317 e. The minimum Gasteiger partial charge on any atom is -0.493 e. The molecule has 4 amide bonds. The quantitative estimate of drug-likeness (QED) is 0.718. The maximum absolute atomic E-state index is 12.6. The van der Waals surface area contributed by atoms with E-state index in [2.05, 4.69) is 16.0 Å². The van der Waals surface area contributed by atoms with Gasteiger partial charge in [0.05, 0.1) is 20.3 Å². The fourth-order valence-corrected chi connectivity index (χ4v) is 3.32. The van der Waals surface area contributed by atoms with Crippen molar-refractivity contribution in [3.63, 3.8) is 0 Å². The Labute approximate surface area is 166 Å².